The summed E-state index contributed by atoms with van der Waals surface area (Å²) >= 11 is 0. The first-order valence-electron chi connectivity index (χ1n) is 8.12. The lowest BCUT2D eigenvalue weighted by Gasteiger charge is -2.21. The lowest BCUT2D eigenvalue weighted by Crippen LogP contribution is -2.07. The number of benzene rings is 2. The molecule has 2 aromatic rings. The van der Waals surface area contributed by atoms with E-state index in [1.807, 2.05) is 19.9 Å². The molecule has 2 aromatic carbocycles. The zero-order valence-corrected chi connectivity index (χ0v) is 15.5. The summed E-state index contributed by atoms with van der Waals surface area (Å²) in [6.07, 6.45) is 0. The van der Waals surface area contributed by atoms with Gasteiger partial charge in [0.1, 0.15) is 0 Å². The maximum Gasteiger partial charge on any atom is 0.294 e. The molecule has 0 saturated carbocycles. The van der Waals surface area contributed by atoms with E-state index in [2.05, 4.69) is 39.8 Å². The molecule has 0 fully saturated rings. The Morgan fingerprint density at radius 2 is 1.39 bits per heavy atom. The minimum Gasteiger partial charge on any atom is -0.282 e. The predicted octanol–water partition coefficient (Wildman–Crippen LogP) is 5.46. The van der Waals surface area contributed by atoms with E-state index in [1.165, 1.54) is 5.56 Å². The fraction of sp³-hybridized carbons (Fsp3) is 0.474. The van der Waals surface area contributed by atoms with Gasteiger partial charge in [-0.1, -0.05) is 53.7 Å². The van der Waals surface area contributed by atoms with Crippen LogP contribution in [0.5, 0.6) is 0 Å². The predicted molar refractivity (Wildman–Crippen MR) is 96.0 cm³/mol. The van der Waals surface area contributed by atoms with Crippen molar-refractivity contribution in [2.45, 2.75) is 64.2 Å². The summed E-state index contributed by atoms with van der Waals surface area (Å²) in [7, 11) is -4.25. The monoisotopic (exact) mass is 334 g/mol. The van der Waals surface area contributed by atoms with Crippen LogP contribution in [0.25, 0.3) is 10.8 Å². The Bertz CT molecular complexity index is 831. The van der Waals surface area contributed by atoms with E-state index >= 15 is 0 Å². The van der Waals surface area contributed by atoms with Crippen LogP contribution >= 0.6 is 0 Å². The number of fused-ring (bicyclic) bond motifs is 1. The molecule has 0 aromatic heterocycles. The van der Waals surface area contributed by atoms with E-state index < -0.39 is 10.1 Å². The average molecular weight is 334 g/mol. The van der Waals surface area contributed by atoms with Crippen LogP contribution in [0.1, 0.15) is 76.0 Å². The molecule has 0 spiro atoms. The van der Waals surface area contributed by atoms with E-state index in [9.17, 15) is 13.0 Å². The van der Waals surface area contributed by atoms with Gasteiger partial charge in [0, 0.05) is 0 Å². The van der Waals surface area contributed by atoms with Crippen molar-refractivity contribution in [3.63, 3.8) is 0 Å². The first-order valence-corrected chi connectivity index (χ1v) is 9.56. The van der Waals surface area contributed by atoms with Crippen molar-refractivity contribution >= 4 is 20.9 Å². The molecule has 0 aliphatic carbocycles. The van der Waals surface area contributed by atoms with Crippen molar-refractivity contribution in [1.82, 2.24) is 0 Å². The normalized spacial score (nSPS) is 12.8. The van der Waals surface area contributed by atoms with Gasteiger partial charge in [-0.15, -0.1) is 0 Å². The highest BCUT2D eigenvalue weighted by Crippen LogP contribution is 2.37. The largest absolute Gasteiger partial charge is 0.294 e. The van der Waals surface area contributed by atoms with Crippen LogP contribution in [0.15, 0.2) is 29.2 Å². The Kier molecular flexibility index (Phi) is 4.88. The van der Waals surface area contributed by atoms with Gasteiger partial charge < -0.3 is 0 Å². The molecular weight excluding hydrogens is 308 g/mol. The molecular formula is C19H26O3S. The number of hydrogen-bond acceptors (Lipinski definition) is 2. The quantitative estimate of drug-likeness (QED) is 0.756. The van der Waals surface area contributed by atoms with Crippen LogP contribution in [0, 0.1) is 0 Å². The summed E-state index contributed by atoms with van der Waals surface area (Å²) in [5.74, 6) is 0.648. The fourth-order valence-electron chi connectivity index (χ4n) is 3.23. The standard InChI is InChI=1S/C19H26O3S/c1-11(2)15-8-7-14-9-16(12(3)4)18(23(20,21)22)10-17(14)19(15)13(5)6/h7-13H,1-6H3,(H,20,21,22). The Labute approximate surface area is 139 Å². The molecule has 0 aliphatic rings. The van der Waals surface area contributed by atoms with Gasteiger partial charge >= 0.3 is 0 Å². The molecule has 1 N–H and O–H groups in total. The molecule has 0 amide bonds. The van der Waals surface area contributed by atoms with Crippen molar-refractivity contribution in [1.29, 1.82) is 0 Å². The van der Waals surface area contributed by atoms with Crippen LogP contribution in [0.4, 0.5) is 0 Å². The minimum absolute atomic E-state index is 0.0172. The molecule has 126 valence electrons. The Morgan fingerprint density at radius 3 is 1.83 bits per heavy atom. The lowest BCUT2D eigenvalue weighted by atomic mass is 9.85. The third kappa shape index (κ3) is 3.43. The molecule has 0 heterocycles. The Balaban J connectivity index is 2.97. The molecule has 3 nitrogen and oxygen atoms in total. The van der Waals surface area contributed by atoms with Crippen LogP contribution < -0.4 is 0 Å². The maximum atomic E-state index is 11.9. The Morgan fingerprint density at radius 1 is 0.826 bits per heavy atom. The van der Waals surface area contributed by atoms with Crippen molar-refractivity contribution in [3.05, 3.63) is 41.0 Å². The molecule has 0 atom stereocenters. The highest BCUT2D eigenvalue weighted by molar-refractivity contribution is 7.85. The van der Waals surface area contributed by atoms with Crippen LogP contribution in [-0.2, 0) is 10.1 Å². The topological polar surface area (TPSA) is 54.4 Å². The highest BCUT2D eigenvalue weighted by atomic mass is 32.2. The van der Waals surface area contributed by atoms with E-state index in [1.54, 1.807) is 6.07 Å². The highest BCUT2D eigenvalue weighted by Gasteiger charge is 2.21. The van der Waals surface area contributed by atoms with E-state index in [4.69, 9.17) is 0 Å². The number of hydrogen-bond donors (Lipinski definition) is 1. The molecule has 0 aliphatic heterocycles. The third-order valence-electron chi connectivity index (χ3n) is 4.32. The zero-order chi connectivity index (χ0) is 17.5. The molecule has 23 heavy (non-hydrogen) atoms. The smallest absolute Gasteiger partial charge is 0.282 e. The van der Waals surface area contributed by atoms with Gasteiger partial charge in [-0.05, 0) is 57.3 Å². The second kappa shape index (κ2) is 6.25. The lowest BCUT2D eigenvalue weighted by molar-refractivity contribution is 0.481. The molecule has 0 radical (unpaired) electrons. The third-order valence-corrected chi connectivity index (χ3v) is 5.23. The van der Waals surface area contributed by atoms with Crippen molar-refractivity contribution < 1.29 is 13.0 Å². The summed E-state index contributed by atoms with van der Waals surface area (Å²) in [5, 5.41) is 1.94. The second-order valence-corrected chi connectivity index (χ2v) is 8.51. The van der Waals surface area contributed by atoms with Crippen molar-refractivity contribution in [2.75, 3.05) is 0 Å². The molecule has 0 unspecified atom stereocenters. The maximum absolute atomic E-state index is 11.9. The van der Waals surface area contributed by atoms with Crippen LogP contribution in [0.3, 0.4) is 0 Å². The summed E-state index contributed by atoms with van der Waals surface area (Å²) in [6, 6.07) is 7.75. The summed E-state index contributed by atoms with van der Waals surface area (Å²) in [5.41, 5.74) is 3.05. The van der Waals surface area contributed by atoms with Gasteiger partial charge in [0.15, 0.2) is 0 Å². The summed E-state index contributed by atoms with van der Waals surface area (Å²) in [6.45, 7) is 12.4. The fourth-order valence-corrected chi connectivity index (χ4v) is 4.09. The SMILES string of the molecule is CC(C)c1cc2ccc(C(C)C)c(C(C)C)c2cc1S(=O)(=O)O. The number of rotatable bonds is 4. The first-order chi connectivity index (χ1) is 10.5. The van der Waals surface area contributed by atoms with E-state index in [0.29, 0.717) is 11.5 Å². The molecule has 2 rings (SSSR count). The van der Waals surface area contributed by atoms with E-state index in [0.717, 1.165) is 16.3 Å². The summed E-state index contributed by atoms with van der Waals surface area (Å²) in [4.78, 5) is 0.0304. The Hall–Kier alpha value is -1.39. The van der Waals surface area contributed by atoms with Crippen LogP contribution in [-0.4, -0.2) is 13.0 Å². The summed E-state index contributed by atoms with van der Waals surface area (Å²) < 4.78 is 33.4. The molecule has 4 heteroatoms. The van der Waals surface area contributed by atoms with Gasteiger partial charge in [0.05, 0.1) is 4.90 Å². The van der Waals surface area contributed by atoms with Gasteiger partial charge in [-0.3, -0.25) is 4.55 Å². The van der Waals surface area contributed by atoms with Crippen molar-refractivity contribution in [3.8, 4) is 0 Å². The van der Waals surface area contributed by atoms with Gasteiger partial charge in [-0.25, -0.2) is 0 Å². The zero-order valence-electron chi connectivity index (χ0n) is 14.7. The van der Waals surface area contributed by atoms with Gasteiger partial charge in [0.25, 0.3) is 10.1 Å². The molecule has 0 saturated heterocycles. The van der Waals surface area contributed by atoms with Crippen LogP contribution in [0.2, 0.25) is 0 Å². The second-order valence-electron chi connectivity index (χ2n) is 7.12. The van der Waals surface area contributed by atoms with Crippen molar-refractivity contribution in [2.24, 2.45) is 0 Å². The average Bonchev–Trinajstić information content (AvgIpc) is 2.42. The minimum atomic E-state index is -4.25. The first kappa shape index (κ1) is 18.0. The van der Waals surface area contributed by atoms with E-state index in [-0.39, 0.29) is 16.7 Å². The molecule has 0 bridgehead atoms. The van der Waals surface area contributed by atoms with Gasteiger partial charge in [-0.2, -0.15) is 8.42 Å². The van der Waals surface area contributed by atoms with Gasteiger partial charge in [0.2, 0.25) is 0 Å².